The largest absolute Gasteiger partial charge is 0.454 e. The molecule has 134 valence electrons. The lowest BCUT2D eigenvalue weighted by molar-refractivity contribution is -0.124. The van der Waals surface area contributed by atoms with Crippen molar-refractivity contribution in [3.05, 3.63) is 30.5 Å². The number of amides is 2. The van der Waals surface area contributed by atoms with Crippen LogP contribution >= 0.6 is 0 Å². The topological polar surface area (TPSA) is 76.9 Å². The first kappa shape index (κ1) is 15.2. The van der Waals surface area contributed by atoms with E-state index in [1.807, 2.05) is 16.8 Å². The fourth-order valence-corrected chi connectivity index (χ4v) is 3.84. The van der Waals surface area contributed by atoms with Crippen molar-refractivity contribution in [2.75, 3.05) is 29.7 Å². The van der Waals surface area contributed by atoms with Gasteiger partial charge in [-0.3, -0.25) is 14.5 Å². The van der Waals surface area contributed by atoms with E-state index >= 15 is 0 Å². The van der Waals surface area contributed by atoms with Crippen LogP contribution in [0.2, 0.25) is 0 Å². The molecule has 8 nitrogen and oxygen atoms in total. The van der Waals surface area contributed by atoms with Gasteiger partial charge >= 0.3 is 0 Å². The average Bonchev–Trinajstić information content (AvgIpc) is 3.38. The predicted molar refractivity (Wildman–Crippen MR) is 92.2 cm³/mol. The van der Waals surface area contributed by atoms with E-state index in [2.05, 4.69) is 5.10 Å². The lowest BCUT2D eigenvalue weighted by Crippen LogP contribution is -2.42. The molecule has 1 saturated heterocycles. The van der Waals surface area contributed by atoms with Crippen LogP contribution in [0.5, 0.6) is 11.5 Å². The standard InChI is InChI=1S/C18H18N4O4/c23-17-8-12(18(24)20-6-1-7-22-16(20)4-5-19-22)10-21(17)13-2-3-14-15(9-13)26-11-25-14/h2-5,9,12H,1,6-8,10-11H2. The van der Waals surface area contributed by atoms with Gasteiger partial charge in [0.2, 0.25) is 18.6 Å². The van der Waals surface area contributed by atoms with Gasteiger partial charge < -0.3 is 14.4 Å². The summed E-state index contributed by atoms with van der Waals surface area (Å²) in [6, 6.07) is 7.27. The Balaban J connectivity index is 1.37. The van der Waals surface area contributed by atoms with E-state index in [4.69, 9.17) is 9.47 Å². The summed E-state index contributed by atoms with van der Waals surface area (Å²) < 4.78 is 12.5. The van der Waals surface area contributed by atoms with Crippen molar-refractivity contribution >= 4 is 23.3 Å². The summed E-state index contributed by atoms with van der Waals surface area (Å²) in [5.41, 5.74) is 0.734. The molecule has 0 spiro atoms. The molecule has 8 heteroatoms. The van der Waals surface area contributed by atoms with E-state index in [0.717, 1.165) is 24.5 Å². The van der Waals surface area contributed by atoms with Crippen LogP contribution in [0.3, 0.4) is 0 Å². The van der Waals surface area contributed by atoms with Gasteiger partial charge in [-0.05, 0) is 18.6 Å². The number of rotatable bonds is 2. The van der Waals surface area contributed by atoms with Gasteiger partial charge in [-0.1, -0.05) is 0 Å². The average molecular weight is 354 g/mol. The van der Waals surface area contributed by atoms with Crippen molar-refractivity contribution < 1.29 is 19.1 Å². The molecule has 3 aliphatic heterocycles. The van der Waals surface area contributed by atoms with Crippen LogP contribution in [0.25, 0.3) is 0 Å². The first-order valence-electron chi connectivity index (χ1n) is 8.74. The van der Waals surface area contributed by atoms with Crippen LogP contribution in [0.1, 0.15) is 12.8 Å². The normalized spacial score (nSPS) is 21.2. The zero-order chi connectivity index (χ0) is 17.7. The molecule has 1 unspecified atom stereocenters. The molecule has 0 radical (unpaired) electrons. The molecule has 4 heterocycles. The molecular formula is C18H18N4O4. The van der Waals surface area contributed by atoms with Gasteiger partial charge in [-0.2, -0.15) is 5.10 Å². The van der Waals surface area contributed by atoms with Gasteiger partial charge in [-0.15, -0.1) is 0 Å². The van der Waals surface area contributed by atoms with Crippen LogP contribution in [0.4, 0.5) is 11.5 Å². The minimum absolute atomic E-state index is 0.0111. The second-order valence-electron chi connectivity index (χ2n) is 6.70. The summed E-state index contributed by atoms with van der Waals surface area (Å²) in [7, 11) is 0. The SMILES string of the molecule is O=C1CC(C(=O)N2CCCn3nccc32)CN1c1ccc2c(c1)OCO2. The number of carbonyl (C=O) groups is 2. The molecule has 1 aromatic carbocycles. The zero-order valence-electron chi connectivity index (χ0n) is 14.1. The molecule has 0 aliphatic carbocycles. The number of anilines is 2. The zero-order valence-corrected chi connectivity index (χ0v) is 14.1. The molecule has 5 rings (SSSR count). The molecule has 1 fully saturated rings. The van der Waals surface area contributed by atoms with Crippen molar-refractivity contribution in [3.63, 3.8) is 0 Å². The Morgan fingerprint density at radius 3 is 2.96 bits per heavy atom. The number of carbonyl (C=O) groups excluding carboxylic acids is 2. The molecular weight excluding hydrogens is 336 g/mol. The van der Waals surface area contributed by atoms with Gasteiger partial charge in [0.25, 0.3) is 0 Å². The number of hydrogen-bond acceptors (Lipinski definition) is 5. The lowest BCUT2D eigenvalue weighted by Gasteiger charge is -2.29. The van der Waals surface area contributed by atoms with Crippen LogP contribution in [0, 0.1) is 5.92 Å². The second kappa shape index (κ2) is 5.76. The summed E-state index contributed by atoms with van der Waals surface area (Å²) in [5.74, 6) is 1.71. The molecule has 0 N–H and O–H groups in total. The number of benzene rings is 1. The molecule has 26 heavy (non-hydrogen) atoms. The Morgan fingerprint density at radius 1 is 1.15 bits per heavy atom. The Hall–Kier alpha value is -3.03. The van der Waals surface area contributed by atoms with E-state index in [1.165, 1.54) is 0 Å². The first-order valence-corrected chi connectivity index (χ1v) is 8.74. The van der Waals surface area contributed by atoms with Gasteiger partial charge in [-0.25, -0.2) is 4.68 Å². The Morgan fingerprint density at radius 2 is 2.04 bits per heavy atom. The number of hydrogen-bond donors (Lipinski definition) is 0. The maximum Gasteiger partial charge on any atom is 0.233 e. The van der Waals surface area contributed by atoms with Crippen molar-refractivity contribution in [1.82, 2.24) is 9.78 Å². The van der Waals surface area contributed by atoms with Gasteiger partial charge in [0.05, 0.1) is 12.1 Å². The Labute approximate surface area is 149 Å². The molecule has 1 atom stereocenters. The summed E-state index contributed by atoms with van der Waals surface area (Å²) >= 11 is 0. The van der Waals surface area contributed by atoms with Crippen molar-refractivity contribution in [2.45, 2.75) is 19.4 Å². The highest BCUT2D eigenvalue weighted by atomic mass is 16.7. The summed E-state index contributed by atoms with van der Waals surface area (Å²) in [6.45, 7) is 2.05. The smallest absolute Gasteiger partial charge is 0.233 e. The van der Waals surface area contributed by atoms with Crippen LogP contribution in [-0.2, 0) is 16.1 Å². The van der Waals surface area contributed by atoms with E-state index in [9.17, 15) is 9.59 Å². The van der Waals surface area contributed by atoms with Gasteiger partial charge in [0.15, 0.2) is 11.5 Å². The highest BCUT2D eigenvalue weighted by Gasteiger charge is 2.39. The number of fused-ring (bicyclic) bond motifs is 2. The van der Waals surface area contributed by atoms with Crippen LogP contribution < -0.4 is 19.3 Å². The Kier molecular flexibility index (Phi) is 3.37. The third kappa shape index (κ3) is 2.33. The van der Waals surface area contributed by atoms with Crippen LogP contribution in [-0.4, -0.2) is 41.5 Å². The fourth-order valence-electron chi connectivity index (χ4n) is 3.84. The third-order valence-electron chi connectivity index (χ3n) is 5.13. The summed E-state index contributed by atoms with van der Waals surface area (Å²) in [4.78, 5) is 29.0. The molecule has 3 aliphatic rings. The van der Waals surface area contributed by atoms with Crippen LogP contribution in [0.15, 0.2) is 30.5 Å². The minimum atomic E-state index is -0.352. The molecule has 2 amide bonds. The molecule has 1 aromatic heterocycles. The van der Waals surface area contributed by atoms with E-state index in [-0.39, 0.29) is 30.9 Å². The first-order chi connectivity index (χ1) is 12.7. The van der Waals surface area contributed by atoms with Crippen molar-refractivity contribution in [3.8, 4) is 11.5 Å². The number of nitrogens with zero attached hydrogens (tertiary/aromatic N) is 4. The van der Waals surface area contributed by atoms with Gasteiger partial charge in [0.1, 0.15) is 5.82 Å². The van der Waals surface area contributed by atoms with E-state index in [1.54, 1.807) is 28.1 Å². The van der Waals surface area contributed by atoms with E-state index < -0.39 is 0 Å². The third-order valence-corrected chi connectivity index (χ3v) is 5.13. The number of aryl methyl sites for hydroxylation is 1. The maximum atomic E-state index is 13.0. The fraction of sp³-hybridized carbons (Fsp3) is 0.389. The molecule has 2 aromatic rings. The molecule has 0 saturated carbocycles. The number of ether oxygens (including phenoxy) is 2. The quantitative estimate of drug-likeness (QED) is 0.815. The lowest BCUT2D eigenvalue weighted by atomic mass is 10.1. The van der Waals surface area contributed by atoms with Gasteiger partial charge in [0, 0.05) is 43.9 Å². The maximum absolute atomic E-state index is 13.0. The monoisotopic (exact) mass is 354 g/mol. The second-order valence-corrected chi connectivity index (χ2v) is 6.70. The molecule has 0 bridgehead atoms. The summed E-state index contributed by atoms with van der Waals surface area (Å²) in [5, 5.41) is 4.25. The predicted octanol–water partition coefficient (Wildman–Crippen LogP) is 1.40. The van der Waals surface area contributed by atoms with E-state index in [0.29, 0.717) is 24.6 Å². The Bertz CT molecular complexity index is 893. The minimum Gasteiger partial charge on any atom is -0.454 e. The highest BCUT2D eigenvalue weighted by molar-refractivity contribution is 6.04. The van der Waals surface area contributed by atoms with Crippen molar-refractivity contribution in [2.24, 2.45) is 5.92 Å². The van der Waals surface area contributed by atoms with Crippen molar-refractivity contribution in [1.29, 1.82) is 0 Å². The number of aromatic nitrogens is 2. The highest BCUT2D eigenvalue weighted by Crippen LogP contribution is 2.37. The summed E-state index contributed by atoms with van der Waals surface area (Å²) in [6.07, 6.45) is 2.80.